The van der Waals surface area contributed by atoms with E-state index in [-0.39, 0.29) is 36.4 Å². The van der Waals surface area contributed by atoms with E-state index in [0.29, 0.717) is 11.9 Å². The molecule has 1 saturated heterocycles. The first-order valence-corrected chi connectivity index (χ1v) is 11.7. The summed E-state index contributed by atoms with van der Waals surface area (Å²) in [5, 5.41) is 6.63. The van der Waals surface area contributed by atoms with Crippen molar-refractivity contribution in [1.82, 2.24) is 15.5 Å². The Kier molecular flexibility index (Phi) is 15.8. The molecule has 1 aliphatic heterocycles. The number of carbonyl (C=O) groups is 1. The van der Waals surface area contributed by atoms with E-state index in [0.717, 1.165) is 64.5 Å². The van der Waals surface area contributed by atoms with Gasteiger partial charge in [-0.2, -0.15) is 0 Å². The number of hydrogen-bond donors (Lipinski definition) is 2. The Balaban J connectivity index is 0.00000480. The van der Waals surface area contributed by atoms with Crippen molar-refractivity contribution in [3.63, 3.8) is 0 Å². The van der Waals surface area contributed by atoms with Gasteiger partial charge in [-0.15, -0.1) is 35.7 Å². The van der Waals surface area contributed by atoms with Gasteiger partial charge in [-0.05, 0) is 37.3 Å². The fourth-order valence-corrected chi connectivity index (χ4v) is 3.65. The van der Waals surface area contributed by atoms with Crippen molar-refractivity contribution >= 4 is 47.6 Å². The van der Waals surface area contributed by atoms with Crippen LogP contribution in [0.5, 0.6) is 0 Å². The monoisotopic (exact) mass is 564 g/mol. The number of amides is 1. The molecule has 9 heteroatoms. The standard InChI is InChI=1S/C22H36N4O3S.HI/c1-26(2)21(27)17-25-22(24-12-16-30-20-7-4-3-5-8-20)23-11-6-13-29-18-19-9-14-28-15-10-19;/h3-5,7-8,19H,6,9-18H2,1-2H3,(H2,23,24,25);1H. The van der Waals surface area contributed by atoms with Crippen LogP contribution in [0.1, 0.15) is 19.3 Å². The topological polar surface area (TPSA) is 75.2 Å². The first-order chi connectivity index (χ1) is 14.6. The van der Waals surface area contributed by atoms with Crippen molar-refractivity contribution in [3.8, 4) is 0 Å². The summed E-state index contributed by atoms with van der Waals surface area (Å²) in [7, 11) is 3.48. The normalized spacial score (nSPS) is 14.6. The minimum absolute atomic E-state index is 0. The average molecular weight is 565 g/mol. The maximum atomic E-state index is 11.9. The van der Waals surface area contributed by atoms with Crippen LogP contribution in [-0.4, -0.2) is 82.7 Å². The molecular formula is C22H37IN4O3S. The highest BCUT2D eigenvalue weighted by atomic mass is 127. The molecule has 7 nitrogen and oxygen atoms in total. The van der Waals surface area contributed by atoms with E-state index in [1.54, 1.807) is 30.8 Å². The van der Waals surface area contributed by atoms with Crippen LogP contribution >= 0.6 is 35.7 Å². The number of thioether (sulfide) groups is 1. The molecule has 0 aromatic heterocycles. The van der Waals surface area contributed by atoms with Crippen LogP contribution in [-0.2, 0) is 14.3 Å². The predicted molar refractivity (Wildman–Crippen MR) is 139 cm³/mol. The number of hydrogen-bond acceptors (Lipinski definition) is 5. The van der Waals surface area contributed by atoms with Gasteiger partial charge in [0.15, 0.2) is 5.96 Å². The molecule has 0 unspecified atom stereocenters. The van der Waals surface area contributed by atoms with Gasteiger partial charge in [-0.1, -0.05) is 18.2 Å². The van der Waals surface area contributed by atoms with Crippen molar-refractivity contribution in [2.75, 3.05) is 65.9 Å². The fourth-order valence-electron chi connectivity index (χ4n) is 2.86. The van der Waals surface area contributed by atoms with Crippen LogP contribution in [0, 0.1) is 5.92 Å². The molecule has 31 heavy (non-hydrogen) atoms. The van der Waals surface area contributed by atoms with Gasteiger partial charge in [0.25, 0.3) is 0 Å². The Morgan fingerprint density at radius 2 is 1.90 bits per heavy atom. The zero-order valence-corrected chi connectivity index (χ0v) is 21.8. The largest absolute Gasteiger partial charge is 0.381 e. The average Bonchev–Trinajstić information content (AvgIpc) is 2.77. The zero-order chi connectivity index (χ0) is 21.4. The molecule has 1 aromatic carbocycles. The van der Waals surface area contributed by atoms with E-state index in [1.807, 2.05) is 18.2 Å². The summed E-state index contributed by atoms with van der Waals surface area (Å²) < 4.78 is 11.2. The van der Waals surface area contributed by atoms with Crippen LogP contribution in [0.3, 0.4) is 0 Å². The van der Waals surface area contributed by atoms with Gasteiger partial charge in [0.1, 0.15) is 6.54 Å². The molecule has 0 aliphatic carbocycles. The highest BCUT2D eigenvalue weighted by molar-refractivity contribution is 14.0. The number of nitrogens with zero attached hydrogens (tertiary/aromatic N) is 2. The lowest BCUT2D eigenvalue weighted by Crippen LogP contribution is -2.40. The summed E-state index contributed by atoms with van der Waals surface area (Å²) in [6.07, 6.45) is 3.09. The Hall–Kier alpha value is -1.04. The van der Waals surface area contributed by atoms with E-state index in [1.165, 1.54) is 4.90 Å². The van der Waals surface area contributed by atoms with Gasteiger partial charge in [0.05, 0.1) is 0 Å². The molecule has 0 spiro atoms. The number of likely N-dealkylation sites (N-methyl/N-ethyl adjacent to an activating group) is 1. The highest BCUT2D eigenvalue weighted by Crippen LogP contribution is 2.16. The fraction of sp³-hybridized carbons (Fsp3) is 0.636. The van der Waals surface area contributed by atoms with Crippen molar-refractivity contribution in [3.05, 3.63) is 30.3 Å². The third-order valence-electron chi connectivity index (χ3n) is 4.73. The molecular weight excluding hydrogens is 527 g/mol. The number of halogens is 1. The van der Waals surface area contributed by atoms with Crippen molar-refractivity contribution in [2.24, 2.45) is 10.9 Å². The van der Waals surface area contributed by atoms with Crippen molar-refractivity contribution < 1.29 is 14.3 Å². The lowest BCUT2D eigenvalue weighted by atomic mass is 10.0. The molecule has 176 valence electrons. The first-order valence-electron chi connectivity index (χ1n) is 10.7. The van der Waals surface area contributed by atoms with E-state index in [2.05, 4.69) is 27.8 Å². The molecule has 1 fully saturated rings. The zero-order valence-electron chi connectivity index (χ0n) is 18.7. The minimum Gasteiger partial charge on any atom is -0.381 e. The Morgan fingerprint density at radius 1 is 1.19 bits per heavy atom. The van der Waals surface area contributed by atoms with Gasteiger partial charge < -0.3 is 25.0 Å². The number of nitrogens with one attached hydrogen (secondary N) is 2. The Morgan fingerprint density at radius 3 is 2.61 bits per heavy atom. The molecule has 1 aromatic rings. The summed E-state index contributed by atoms with van der Waals surface area (Å²) in [5.41, 5.74) is 0. The molecule has 1 aliphatic rings. The lowest BCUT2D eigenvalue weighted by Gasteiger charge is -2.21. The maximum Gasteiger partial charge on any atom is 0.243 e. The van der Waals surface area contributed by atoms with E-state index < -0.39 is 0 Å². The van der Waals surface area contributed by atoms with Gasteiger partial charge in [-0.3, -0.25) is 4.79 Å². The molecule has 0 atom stereocenters. The summed E-state index contributed by atoms with van der Waals surface area (Å²) >= 11 is 1.79. The number of carbonyl (C=O) groups excluding carboxylic acids is 1. The third-order valence-corrected chi connectivity index (χ3v) is 5.74. The third kappa shape index (κ3) is 13.2. The van der Waals surface area contributed by atoms with Crippen molar-refractivity contribution in [1.29, 1.82) is 0 Å². The first kappa shape index (κ1) is 28.0. The summed E-state index contributed by atoms with van der Waals surface area (Å²) in [6.45, 7) is 4.90. The molecule has 1 heterocycles. The smallest absolute Gasteiger partial charge is 0.243 e. The number of aliphatic imine (C=N–C) groups is 1. The van der Waals surface area contributed by atoms with Gasteiger partial charge in [0, 0.05) is 64.3 Å². The molecule has 2 rings (SSSR count). The summed E-state index contributed by atoms with van der Waals surface area (Å²) in [6, 6.07) is 10.3. The van der Waals surface area contributed by atoms with Gasteiger partial charge in [-0.25, -0.2) is 4.99 Å². The van der Waals surface area contributed by atoms with E-state index in [9.17, 15) is 4.79 Å². The second kappa shape index (κ2) is 17.5. The minimum atomic E-state index is -0.0189. The Labute approximate surface area is 208 Å². The van der Waals surface area contributed by atoms with Gasteiger partial charge in [0.2, 0.25) is 5.91 Å². The lowest BCUT2D eigenvalue weighted by molar-refractivity contribution is -0.127. The quantitative estimate of drug-likeness (QED) is 0.134. The second-order valence-corrected chi connectivity index (χ2v) is 8.62. The number of rotatable bonds is 12. The SMILES string of the molecule is CN(C)C(=O)CN=C(NCCCOCC1CCOCC1)NCCSc1ccccc1.I. The van der Waals surface area contributed by atoms with Crippen LogP contribution < -0.4 is 10.6 Å². The summed E-state index contributed by atoms with van der Waals surface area (Å²) in [5.74, 6) is 2.20. The van der Waals surface area contributed by atoms with Crippen LogP contribution in [0.25, 0.3) is 0 Å². The molecule has 0 bridgehead atoms. The molecule has 0 saturated carbocycles. The molecule has 0 radical (unpaired) electrons. The maximum absolute atomic E-state index is 11.9. The van der Waals surface area contributed by atoms with Crippen LogP contribution in [0.2, 0.25) is 0 Å². The van der Waals surface area contributed by atoms with Crippen LogP contribution in [0.4, 0.5) is 0 Å². The van der Waals surface area contributed by atoms with E-state index in [4.69, 9.17) is 9.47 Å². The van der Waals surface area contributed by atoms with Crippen LogP contribution in [0.15, 0.2) is 40.2 Å². The molecule has 1 amide bonds. The predicted octanol–water partition coefficient (Wildman–Crippen LogP) is 2.85. The van der Waals surface area contributed by atoms with E-state index >= 15 is 0 Å². The second-order valence-electron chi connectivity index (χ2n) is 7.45. The highest BCUT2D eigenvalue weighted by Gasteiger charge is 2.13. The molecule has 2 N–H and O–H groups in total. The van der Waals surface area contributed by atoms with Gasteiger partial charge >= 0.3 is 0 Å². The number of ether oxygens (including phenoxy) is 2. The number of benzene rings is 1. The summed E-state index contributed by atoms with van der Waals surface area (Å²) in [4.78, 5) is 19.1. The number of guanidine groups is 1. The Bertz CT molecular complexity index is 628. The van der Waals surface area contributed by atoms with Crippen molar-refractivity contribution in [2.45, 2.75) is 24.2 Å².